The molecule has 0 aromatic heterocycles. The lowest BCUT2D eigenvalue weighted by atomic mass is 10.1. The smallest absolute Gasteiger partial charge is 0.238 e. The van der Waals surface area contributed by atoms with Gasteiger partial charge in [0.15, 0.2) is 0 Å². The number of hydrogen-bond acceptors (Lipinski definition) is 3. The Morgan fingerprint density at radius 2 is 1.80 bits per heavy atom. The predicted molar refractivity (Wildman–Crippen MR) is 79.4 cm³/mol. The van der Waals surface area contributed by atoms with Crippen LogP contribution in [0.4, 0.5) is 0 Å². The minimum atomic E-state index is -0.501. The average Bonchev–Trinajstić information content (AvgIpc) is 2.49. The van der Waals surface area contributed by atoms with E-state index >= 15 is 0 Å². The van der Waals surface area contributed by atoms with E-state index in [0.717, 1.165) is 16.9 Å². The zero-order valence-corrected chi connectivity index (χ0v) is 11.4. The van der Waals surface area contributed by atoms with Crippen molar-refractivity contribution < 1.29 is 9.53 Å². The van der Waals surface area contributed by atoms with Gasteiger partial charge in [0.05, 0.1) is 0 Å². The van der Waals surface area contributed by atoms with Crippen molar-refractivity contribution in [3.63, 3.8) is 0 Å². The number of ether oxygens (including phenoxy) is 1. The van der Waals surface area contributed by atoms with E-state index in [0.29, 0.717) is 0 Å². The van der Waals surface area contributed by atoms with Crippen LogP contribution in [0.15, 0.2) is 54.6 Å². The van der Waals surface area contributed by atoms with Gasteiger partial charge < -0.3 is 15.8 Å². The fourth-order valence-electron chi connectivity index (χ4n) is 1.93. The van der Waals surface area contributed by atoms with E-state index in [1.165, 1.54) is 0 Å². The quantitative estimate of drug-likeness (QED) is 0.841. The highest BCUT2D eigenvalue weighted by Gasteiger charge is 2.14. The summed E-state index contributed by atoms with van der Waals surface area (Å²) in [5, 5.41) is 2.83. The topological polar surface area (TPSA) is 64.3 Å². The lowest BCUT2D eigenvalue weighted by molar-refractivity contribution is -0.120. The molecule has 0 fully saturated rings. The lowest BCUT2D eigenvalue weighted by Crippen LogP contribution is -2.43. The number of likely N-dealkylation sites (N-methyl/N-ethyl adjacent to an activating group) is 1. The van der Waals surface area contributed by atoms with Crippen molar-refractivity contribution >= 4 is 5.91 Å². The van der Waals surface area contributed by atoms with E-state index in [9.17, 15) is 4.79 Å². The summed E-state index contributed by atoms with van der Waals surface area (Å²) < 4.78 is 5.74. The minimum Gasteiger partial charge on any atom is -0.491 e. The van der Waals surface area contributed by atoms with Crippen LogP contribution in [0.2, 0.25) is 0 Å². The molecule has 0 aliphatic carbocycles. The Kier molecular flexibility index (Phi) is 4.74. The first-order valence-corrected chi connectivity index (χ1v) is 6.46. The fraction of sp³-hybridized carbons (Fsp3) is 0.188. The van der Waals surface area contributed by atoms with Crippen molar-refractivity contribution in [2.45, 2.75) is 6.04 Å². The van der Waals surface area contributed by atoms with Crippen molar-refractivity contribution in [2.75, 3.05) is 13.7 Å². The highest BCUT2D eigenvalue weighted by molar-refractivity contribution is 5.80. The molecule has 2 rings (SSSR count). The molecular weight excluding hydrogens is 252 g/mol. The Morgan fingerprint density at radius 3 is 2.45 bits per heavy atom. The summed E-state index contributed by atoms with van der Waals surface area (Å²) in [4.78, 5) is 11.2. The summed E-state index contributed by atoms with van der Waals surface area (Å²) in [6.07, 6.45) is 0. The summed E-state index contributed by atoms with van der Waals surface area (Å²) in [5.41, 5.74) is 7.34. The molecule has 0 heterocycles. The van der Waals surface area contributed by atoms with Crippen molar-refractivity contribution in [3.05, 3.63) is 54.6 Å². The van der Waals surface area contributed by atoms with Gasteiger partial charge >= 0.3 is 0 Å². The monoisotopic (exact) mass is 270 g/mol. The van der Waals surface area contributed by atoms with E-state index in [1.807, 2.05) is 54.6 Å². The molecule has 4 heteroatoms. The molecule has 3 N–H and O–H groups in total. The summed E-state index contributed by atoms with van der Waals surface area (Å²) >= 11 is 0. The number of amides is 1. The number of benzene rings is 2. The second-order valence-corrected chi connectivity index (χ2v) is 4.42. The predicted octanol–water partition coefficient (Wildman–Crippen LogP) is 1.81. The molecule has 20 heavy (non-hydrogen) atoms. The first kappa shape index (κ1) is 14.1. The molecule has 4 nitrogen and oxygen atoms in total. The van der Waals surface area contributed by atoms with E-state index in [2.05, 4.69) is 5.32 Å². The van der Waals surface area contributed by atoms with Gasteiger partial charge in [0.1, 0.15) is 18.4 Å². The van der Waals surface area contributed by atoms with Crippen LogP contribution < -0.4 is 15.8 Å². The number of para-hydroxylation sites is 1. The molecule has 104 valence electrons. The van der Waals surface area contributed by atoms with E-state index in [1.54, 1.807) is 7.05 Å². The maximum absolute atomic E-state index is 11.2. The molecular formula is C16H18N2O2. The molecule has 1 amide bonds. The number of nitrogens with one attached hydrogen (secondary N) is 1. The van der Waals surface area contributed by atoms with E-state index < -0.39 is 11.9 Å². The van der Waals surface area contributed by atoms with E-state index in [4.69, 9.17) is 10.5 Å². The summed E-state index contributed by atoms with van der Waals surface area (Å²) in [6, 6.07) is 17.2. The number of hydrogen-bond donors (Lipinski definition) is 2. The van der Waals surface area contributed by atoms with Crippen LogP contribution in [0.1, 0.15) is 0 Å². The maximum Gasteiger partial charge on any atom is 0.238 e. The van der Waals surface area contributed by atoms with Gasteiger partial charge in [-0.15, -0.1) is 0 Å². The molecule has 0 saturated carbocycles. The summed E-state index contributed by atoms with van der Waals surface area (Å²) in [6.45, 7) is 0.204. The second kappa shape index (κ2) is 6.73. The Balaban J connectivity index is 2.19. The third-order valence-corrected chi connectivity index (χ3v) is 3.07. The highest BCUT2D eigenvalue weighted by Crippen LogP contribution is 2.29. The normalized spacial score (nSPS) is 11.8. The van der Waals surface area contributed by atoms with Crippen LogP contribution >= 0.6 is 0 Å². The van der Waals surface area contributed by atoms with Crippen molar-refractivity contribution in [1.29, 1.82) is 0 Å². The van der Waals surface area contributed by atoms with Gasteiger partial charge in [-0.3, -0.25) is 4.79 Å². The van der Waals surface area contributed by atoms with Crippen molar-refractivity contribution in [1.82, 2.24) is 5.32 Å². The molecule has 0 saturated heterocycles. The van der Waals surface area contributed by atoms with Crippen LogP contribution in [0, 0.1) is 0 Å². The summed E-state index contributed by atoms with van der Waals surface area (Å²) in [5.74, 6) is 0.310. The molecule has 0 radical (unpaired) electrons. The minimum absolute atomic E-state index is 0.204. The van der Waals surface area contributed by atoms with Crippen LogP contribution in [-0.4, -0.2) is 25.6 Å². The molecule has 0 spiro atoms. The number of primary amides is 1. The molecule has 0 aliphatic heterocycles. The number of carbonyl (C=O) groups excluding carboxylic acids is 1. The largest absolute Gasteiger partial charge is 0.491 e. The van der Waals surface area contributed by atoms with Crippen molar-refractivity contribution in [3.8, 4) is 16.9 Å². The molecule has 1 unspecified atom stereocenters. The summed E-state index contributed by atoms with van der Waals surface area (Å²) in [7, 11) is 1.68. The van der Waals surface area contributed by atoms with Gasteiger partial charge in [0, 0.05) is 5.56 Å². The Hall–Kier alpha value is -2.33. The zero-order valence-electron chi connectivity index (χ0n) is 11.4. The van der Waals surface area contributed by atoms with E-state index in [-0.39, 0.29) is 6.61 Å². The number of nitrogens with two attached hydrogens (primary N) is 1. The van der Waals surface area contributed by atoms with Crippen LogP contribution in [0.5, 0.6) is 5.75 Å². The number of rotatable bonds is 6. The Labute approximate surface area is 118 Å². The molecule has 0 bridgehead atoms. The fourth-order valence-corrected chi connectivity index (χ4v) is 1.93. The van der Waals surface area contributed by atoms with Gasteiger partial charge in [-0.05, 0) is 18.7 Å². The van der Waals surface area contributed by atoms with Gasteiger partial charge in [-0.25, -0.2) is 0 Å². The maximum atomic E-state index is 11.2. The zero-order chi connectivity index (χ0) is 14.4. The average molecular weight is 270 g/mol. The van der Waals surface area contributed by atoms with Gasteiger partial charge in [-0.1, -0.05) is 48.5 Å². The van der Waals surface area contributed by atoms with Crippen LogP contribution in [-0.2, 0) is 4.79 Å². The van der Waals surface area contributed by atoms with Crippen LogP contribution in [0.3, 0.4) is 0 Å². The standard InChI is InChI=1S/C16H18N2O2/c1-18-14(16(17)19)11-20-15-10-6-5-9-13(15)12-7-3-2-4-8-12/h2-10,14,18H,11H2,1H3,(H2,17,19). The van der Waals surface area contributed by atoms with Gasteiger partial charge in [0.25, 0.3) is 0 Å². The lowest BCUT2D eigenvalue weighted by Gasteiger charge is -2.16. The number of carbonyl (C=O) groups is 1. The highest BCUT2D eigenvalue weighted by atomic mass is 16.5. The van der Waals surface area contributed by atoms with Crippen molar-refractivity contribution in [2.24, 2.45) is 5.73 Å². The Morgan fingerprint density at radius 1 is 1.15 bits per heavy atom. The van der Waals surface area contributed by atoms with Gasteiger partial charge in [0.2, 0.25) is 5.91 Å². The first-order valence-electron chi connectivity index (χ1n) is 6.46. The first-order chi connectivity index (χ1) is 9.72. The molecule has 2 aromatic carbocycles. The molecule has 2 aromatic rings. The van der Waals surface area contributed by atoms with Crippen LogP contribution in [0.25, 0.3) is 11.1 Å². The second-order valence-electron chi connectivity index (χ2n) is 4.42. The SMILES string of the molecule is CNC(COc1ccccc1-c1ccccc1)C(N)=O. The van der Waals surface area contributed by atoms with Gasteiger partial charge in [-0.2, -0.15) is 0 Å². The Bertz CT molecular complexity index is 570. The third-order valence-electron chi connectivity index (χ3n) is 3.07. The third kappa shape index (κ3) is 3.36. The molecule has 0 aliphatic rings. The molecule has 1 atom stereocenters.